The average molecular weight is 445 g/mol. The van der Waals surface area contributed by atoms with Gasteiger partial charge in [-0.3, -0.25) is 19.6 Å². The van der Waals surface area contributed by atoms with Crippen LogP contribution in [0.4, 0.5) is 5.82 Å². The van der Waals surface area contributed by atoms with Crippen molar-refractivity contribution in [2.24, 2.45) is 18.9 Å². The summed E-state index contributed by atoms with van der Waals surface area (Å²) in [6.07, 6.45) is 0.932. The highest BCUT2D eigenvalue weighted by atomic mass is 16.2. The van der Waals surface area contributed by atoms with Gasteiger partial charge < -0.3 is 9.88 Å². The number of fused-ring (bicyclic) bond motifs is 2. The topological polar surface area (TPSA) is 95.9 Å². The number of aromatic nitrogens is 4. The quantitative estimate of drug-likeness (QED) is 0.474. The standard InChI is InChI=1S/C25H28N6O2/c1-15(2)12-20(24-26-19-10-6-7-11-21(19)30(24)3)27-25(33)16-13-22(32)31(14-16)23-17-8-4-5-9-18(17)28-29-23/h4-11,15-16,20H,12-14H2,1-3H3,(H,27,33)(H,28,29)/t16-,20+/m1/s1. The first kappa shape index (κ1) is 21.2. The first-order valence-corrected chi connectivity index (χ1v) is 11.4. The lowest BCUT2D eigenvalue weighted by molar-refractivity contribution is -0.127. The number of rotatable bonds is 6. The van der Waals surface area contributed by atoms with E-state index in [9.17, 15) is 9.59 Å². The lowest BCUT2D eigenvalue weighted by atomic mass is 10.0. The highest BCUT2D eigenvalue weighted by molar-refractivity contribution is 6.05. The van der Waals surface area contributed by atoms with Crippen molar-refractivity contribution in [1.29, 1.82) is 0 Å². The minimum atomic E-state index is -0.433. The Labute approximate surface area is 192 Å². The van der Waals surface area contributed by atoms with Gasteiger partial charge in [-0.1, -0.05) is 38.1 Å². The molecule has 2 aromatic heterocycles. The van der Waals surface area contributed by atoms with Crippen molar-refractivity contribution < 1.29 is 9.59 Å². The van der Waals surface area contributed by atoms with Crippen LogP contribution in [-0.2, 0) is 16.6 Å². The van der Waals surface area contributed by atoms with Crippen LogP contribution in [0.25, 0.3) is 21.9 Å². The van der Waals surface area contributed by atoms with Crippen LogP contribution in [0.5, 0.6) is 0 Å². The number of para-hydroxylation sites is 3. The summed E-state index contributed by atoms with van der Waals surface area (Å²) in [5, 5.41) is 11.4. The zero-order valence-corrected chi connectivity index (χ0v) is 19.1. The molecule has 0 spiro atoms. The van der Waals surface area contributed by atoms with E-state index in [4.69, 9.17) is 4.98 Å². The second-order valence-electron chi connectivity index (χ2n) is 9.21. The number of benzene rings is 2. The maximum absolute atomic E-state index is 13.3. The highest BCUT2D eigenvalue weighted by Crippen LogP contribution is 2.31. The molecule has 2 atom stereocenters. The molecule has 8 nitrogen and oxygen atoms in total. The summed E-state index contributed by atoms with van der Waals surface area (Å²) in [6, 6.07) is 15.4. The number of nitrogens with zero attached hydrogens (tertiary/aromatic N) is 4. The molecule has 2 aromatic carbocycles. The maximum Gasteiger partial charge on any atom is 0.229 e. The van der Waals surface area contributed by atoms with Crippen molar-refractivity contribution in [1.82, 2.24) is 25.1 Å². The molecule has 0 aliphatic carbocycles. The van der Waals surface area contributed by atoms with Gasteiger partial charge in [0.1, 0.15) is 5.82 Å². The van der Waals surface area contributed by atoms with Gasteiger partial charge in [-0.2, -0.15) is 5.10 Å². The maximum atomic E-state index is 13.3. The van der Waals surface area contributed by atoms with Crippen molar-refractivity contribution in [3.63, 3.8) is 0 Å². The molecule has 8 heteroatoms. The van der Waals surface area contributed by atoms with Crippen LogP contribution in [0.1, 0.15) is 38.6 Å². The molecule has 2 amide bonds. The van der Waals surface area contributed by atoms with Crippen LogP contribution >= 0.6 is 0 Å². The molecule has 0 radical (unpaired) electrons. The van der Waals surface area contributed by atoms with Gasteiger partial charge in [0.2, 0.25) is 11.8 Å². The van der Waals surface area contributed by atoms with Gasteiger partial charge in [0.15, 0.2) is 5.82 Å². The van der Waals surface area contributed by atoms with Gasteiger partial charge in [-0.15, -0.1) is 0 Å². The summed E-state index contributed by atoms with van der Waals surface area (Å²) in [5.41, 5.74) is 2.81. The Hall–Kier alpha value is -3.68. The van der Waals surface area contributed by atoms with Crippen molar-refractivity contribution in [3.8, 4) is 0 Å². The fourth-order valence-electron chi connectivity index (χ4n) is 4.71. The van der Waals surface area contributed by atoms with E-state index in [0.29, 0.717) is 18.3 Å². The molecule has 33 heavy (non-hydrogen) atoms. The van der Waals surface area contributed by atoms with Gasteiger partial charge in [0, 0.05) is 25.4 Å². The minimum Gasteiger partial charge on any atom is -0.346 e. The van der Waals surface area contributed by atoms with Crippen LogP contribution in [0, 0.1) is 11.8 Å². The molecular formula is C25H28N6O2. The number of hydrogen-bond acceptors (Lipinski definition) is 4. The number of aromatic amines is 1. The third-order valence-corrected chi connectivity index (χ3v) is 6.36. The molecule has 1 aliphatic heterocycles. The summed E-state index contributed by atoms with van der Waals surface area (Å²) in [7, 11) is 1.98. The predicted molar refractivity (Wildman–Crippen MR) is 128 cm³/mol. The van der Waals surface area contributed by atoms with E-state index in [1.165, 1.54) is 0 Å². The average Bonchev–Trinajstić information content (AvgIpc) is 3.48. The molecule has 1 aliphatic rings. The SMILES string of the molecule is CC(C)C[C@H](NC(=O)[C@@H]1CC(=O)N(c2n[nH]c3ccccc23)C1)c1nc2ccccc2n1C. The molecule has 2 N–H and O–H groups in total. The summed E-state index contributed by atoms with van der Waals surface area (Å²) < 4.78 is 2.05. The number of anilines is 1. The van der Waals surface area contributed by atoms with Gasteiger partial charge in [0.05, 0.1) is 28.5 Å². The number of carbonyl (C=O) groups is 2. The number of aryl methyl sites for hydroxylation is 1. The largest absolute Gasteiger partial charge is 0.346 e. The lowest BCUT2D eigenvalue weighted by Crippen LogP contribution is -2.37. The number of hydrogen-bond donors (Lipinski definition) is 2. The fourth-order valence-corrected chi connectivity index (χ4v) is 4.71. The monoisotopic (exact) mass is 444 g/mol. The second-order valence-corrected chi connectivity index (χ2v) is 9.21. The van der Waals surface area contributed by atoms with E-state index < -0.39 is 5.92 Å². The Morgan fingerprint density at radius 2 is 1.94 bits per heavy atom. The predicted octanol–water partition coefficient (Wildman–Crippen LogP) is 3.71. The second kappa shape index (κ2) is 8.35. The van der Waals surface area contributed by atoms with Crippen molar-refractivity contribution in [2.45, 2.75) is 32.7 Å². The Balaban J connectivity index is 1.37. The van der Waals surface area contributed by atoms with E-state index >= 15 is 0 Å². The lowest BCUT2D eigenvalue weighted by Gasteiger charge is -2.22. The summed E-state index contributed by atoms with van der Waals surface area (Å²) >= 11 is 0. The third-order valence-electron chi connectivity index (χ3n) is 6.36. The van der Waals surface area contributed by atoms with Crippen molar-refractivity contribution >= 4 is 39.6 Å². The molecular weight excluding hydrogens is 416 g/mol. The highest BCUT2D eigenvalue weighted by Gasteiger charge is 2.38. The number of H-pyrrole nitrogens is 1. The van der Waals surface area contributed by atoms with Crippen LogP contribution in [0.15, 0.2) is 48.5 Å². The van der Waals surface area contributed by atoms with Crippen LogP contribution in [-0.4, -0.2) is 38.1 Å². The van der Waals surface area contributed by atoms with E-state index in [1.807, 2.05) is 60.1 Å². The zero-order chi connectivity index (χ0) is 23.1. The summed E-state index contributed by atoms with van der Waals surface area (Å²) in [5.74, 6) is 1.14. The summed E-state index contributed by atoms with van der Waals surface area (Å²) in [4.78, 5) is 32.5. The minimum absolute atomic E-state index is 0.0875. The number of amides is 2. The van der Waals surface area contributed by atoms with Crippen molar-refractivity contribution in [2.75, 3.05) is 11.4 Å². The van der Waals surface area contributed by atoms with Crippen LogP contribution in [0.2, 0.25) is 0 Å². The third kappa shape index (κ3) is 3.86. The van der Waals surface area contributed by atoms with Crippen molar-refractivity contribution in [3.05, 3.63) is 54.4 Å². The first-order chi connectivity index (χ1) is 15.9. The van der Waals surface area contributed by atoms with E-state index in [0.717, 1.165) is 34.2 Å². The molecule has 1 fully saturated rings. The zero-order valence-electron chi connectivity index (χ0n) is 19.1. The van der Waals surface area contributed by atoms with E-state index in [-0.39, 0.29) is 24.3 Å². The normalized spacial score (nSPS) is 17.4. The van der Waals surface area contributed by atoms with E-state index in [2.05, 4.69) is 29.4 Å². The Morgan fingerprint density at radius 3 is 2.73 bits per heavy atom. The van der Waals surface area contributed by atoms with E-state index in [1.54, 1.807) is 4.90 Å². The molecule has 0 saturated carbocycles. The van der Waals surface area contributed by atoms with Gasteiger partial charge in [-0.25, -0.2) is 4.98 Å². The van der Waals surface area contributed by atoms with Gasteiger partial charge >= 0.3 is 0 Å². The first-order valence-electron chi connectivity index (χ1n) is 11.4. The molecule has 170 valence electrons. The molecule has 5 rings (SSSR count). The molecule has 4 aromatic rings. The Kier molecular flexibility index (Phi) is 5.36. The Morgan fingerprint density at radius 1 is 1.18 bits per heavy atom. The van der Waals surface area contributed by atoms with Gasteiger partial charge in [-0.05, 0) is 36.6 Å². The number of imidazole rings is 1. The smallest absolute Gasteiger partial charge is 0.229 e. The molecule has 0 bridgehead atoms. The van der Waals surface area contributed by atoms with Crippen LogP contribution in [0.3, 0.4) is 0 Å². The molecule has 1 saturated heterocycles. The Bertz CT molecular complexity index is 1340. The number of carbonyl (C=O) groups excluding carboxylic acids is 2. The fraction of sp³-hybridized carbons (Fsp3) is 0.360. The molecule has 0 unspecified atom stereocenters. The van der Waals surface area contributed by atoms with Gasteiger partial charge in [0.25, 0.3) is 0 Å². The summed E-state index contributed by atoms with van der Waals surface area (Å²) in [6.45, 7) is 4.58. The van der Waals surface area contributed by atoms with Crippen LogP contribution < -0.4 is 10.2 Å². The molecule has 3 heterocycles. The number of nitrogens with one attached hydrogen (secondary N) is 2.